The number of rotatable bonds is 3. The fourth-order valence-corrected chi connectivity index (χ4v) is 1.92. The molecular weight excluding hydrogens is 287 g/mol. The van der Waals surface area contributed by atoms with Crippen molar-refractivity contribution in [1.29, 1.82) is 0 Å². The van der Waals surface area contributed by atoms with E-state index in [1.807, 2.05) is 0 Å². The molecule has 0 bridgehead atoms. The number of methoxy groups -OCH3 is 1. The Balaban J connectivity index is 2.25. The lowest BCUT2D eigenvalue weighted by Crippen LogP contribution is -2.32. The average Bonchev–Trinajstić information content (AvgIpc) is 2.55. The van der Waals surface area contributed by atoms with E-state index in [-0.39, 0.29) is 11.3 Å². The highest BCUT2D eigenvalue weighted by molar-refractivity contribution is 6.06. The molecule has 6 heteroatoms. The number of urea groups is 1. The van der Waals surface area contributed by atoms with Crippen molar-refractivity contribution in [2.24, 2.45) is 0 Å². The molecule has 0 saturated carbocycles. The zero-order chi connectivity index (χ0) is 16.1. The number of nitrogens with zero attached hydrogens (tertiary/aromatic N) is 1. The van der Waals surface area contributed by atoms with Crippen LogP contribution in [0, 0.1) is 5.82 Å². The molecule has 1 N–H and O–H groups in total. The van der Waals surface area contributed by atoms with Gasteiger partial charge >= 0.3 is 12.0 Å². The van der Waals surface area contributed by atoms with E-state index in [1.54, 1.807) is 30.3 Å². The van der Waals surface area contributed by atoms with Crippen molar-refractivity contribution in [2.45, 2.75) is 0 Å². The van der Waals surface area contributed by atoms with Crippen molar-refractivity contribution >= 4 is 23.4 Å². The first-order chi connectivity index (χ1) is 10.5. The number of ether oxygens (including phenoxy) is 1. The Morgan fingerprint density at radius 1 is 1.09 bits per heavy atom. The molecule has 2 aromatic carbocycles. The van der Waals surface area contributed by atoms with Gasteiger partial charge in [-0.1, -0.05) is 24.3 Å². The summed E-state index contributed by atoms with van der Waals surface area (Å²) in [5.74, 6) is -1.09. The predicted molar refractivity (Wildman–Crippen MR) is 81.6 cm³/mol. The summed E-state index contributed by atoms with van der Waals surface area (Å²) in [6, 6.07) is 11.8. The van der Waals surface area contributed by atoms with Gasteiger partial charge in [-0.2, -0.15) is 0 Å². The molecule has 0 unspecified atom stereocenters. The molecule has 0 spiro atoms. The van der Waals surface area contributed by atoms with Crippen LogP contribution in [0.1, 0.15) is 10.4 Å². The Bertz CT molecular complexity index is 703. The zero-order valence-corrected chi connectivity index (χ0v) is 12.2. The van der Waals surface area contributed by atoms with Crippen LogP contribution in [0.15, 0.2) is 48.5 Å². The summed E-state index contributed by atoms with van der Waals surface area (Å²) in [5, 5.41) is 2.45. The number of nitrogens with one attached hydrogen (secondary N) is 1. The summed E-state index contributed by atoms with van der Waals surface area (Å²) in [5.41, 5.74) is 0.675. The van der Waals surface area contributed by atoms with Gasteiger partial charge in [0, 0.05) is 7.05 Å². The SMILES string of the molecule is COC(=O)c1ccccc1N(C)C(=O)Nc1ccccc1F. The topological polar surface area (TPSA) is 58.6 Å². The first kappa shape index (κ1) is 15.5. The number of amides is 2. The third kappa shape index (κ3) is 3.22. The Labute approximate surface area is 127 Å². The van der Waals surface area contributed by atoms with Crippen LogP contribution in [0.25, 0.3) is 0 Å². The van der Waals surface area contributed by atoms with Crippen LogP contribution in [-0.4, -0.2) is 26.2 Å². The molecule has 22 heavy (non-hydrogen) atoms. The average molecular weight is 302 g/mol. The van der Waals surface area contributed by atoms with Crippen LogP contribution in [0.5, 0.6) is 0 Å². The smallest absolute Gasteiger partial charge is 0.339 e. The minimum absolute atomic E-state index is 0.0647. The van der Waals surface area contributed by atoms with Crippen molar-refractivity contribution in [3.8, 4) is 0 Å². The first-order valence-electron chi connectivity index (χ1n) is 6.51. The number of hydrogen-bond donors (Lipinski definition) is 1. The molecular formula is C16H15FN2O3. The van der Waals surface area contributed by atoms with E-state index >= 15 is 0 Å². The normalized spacial score (nSPS) is 9.95. The lowest BCUT2D eigenvalue weighted by molar-refractivity contribution is 0.0601. The molecule has 114 valence electrons. The Morgan fingerprint density at radius 3 is 2.41 bits per heavy atom. The van der Waals surface area contributed by atoms with Crippen molar-refractivity contribution in [3.63, 3.8) is 0 Å². The van der Waals surface area contributed by atoms with Crippen LogP contribution in [-0.2, 0) is 4.74 Å². The molecule has 0 heterocycles. The van der Waals surface area contributed by atoms with E-state index in [9.17, 15) is 14.0 Å². The minimum Gasteiger partial charge on any atom is -0.465 e. The van der Waals surface area contributed by atoms with Crippen molar-refractivity contribution < 1.29 is 18.7 Å². The molecule has 0 aliphatic heterocycles. The summed E-state index contributed by atoms with van der Waals surface area (Å²) in [7, 11) is 2.75. The van der Waals surface area contributed by atoms with E-state index in [2.05, 4.69) is 10.1 Å². The van der Waals surface area contributed by atoms with Gasteiger partial charge in [-0.15, -0.1) is 0 Å². The van der Waals surface area contributed by atoms with Gasteiger partial charge in [0.2, 0.25) is 0 Å². The molecule has 0 fully saturated rings. The second-order valence-corrected chi connectivity index (χ2v) is 4.48. The minimum atomic E-state index is -0.568. The number of carbonyl (C=O) groups is 2. The number of hydrogen-bond acceptors (Lipinski definition) is 3. The van der Waals surface area contributed by atoms with Crippen LogP contribution >= 0.6 is 0 Å². The molecule has 2 rings (SSSR count). The van der Waals surface area contributed by atoms with Gasteiger partial charge in [-0.05, 0) is 24.3 Å². The van der Waals surface area contributed by atoms with E-state index in [0.29, 0.717) is 5.69 Å². The maximum atomic E-state index is 13.6. The summed E-state index contributed by atoms with van der Waals surface area (Å²) in [6.07, 6.45) is 0. The van der Waals surface area contributed by atoms with Gasteiger partial charge in [0.25, 0.3) is 0 Å². The fraction of sp³-hybridized carbons (Fsp3) is 0.125. The van der Waals surface area contributed by atoms with E-state index < -0.39 is 17.8 Å². The highest BCUT2D eigenvalue weighted by Crippen LogP contribution is 2.21. The van der Waals surface area contributed by atoms with Gasteiger partial charge in [-0.25, -0.2) is 14.0 Å². The second-order valence-electron chi connectivity index (χ2n) is 4.48. The standard InChI is InChI=1S/C16H15FN2O3/c1-19(14-10-6-3-7-11(14)15(20)22-2)16(21)18-13-9-5-4-8-12(13)17/h3-10H,1-2H3,(H,18,21). The number of benzene rings is 2. The number of anilines is 2. The molecule has 0 aliphatic carbocycles. The van der Waals surface area contributed by atoms with E-state index in [0.717, 1.165) is 0 Å². The number of halogens is 1. The summed E-state index contributed by atoms with van der Waals surface area (Å²) >= 11 is 0. The van der Waals surface area contributed by atoms with Gasteiger partial charge < -0.3 is 10.1 Å². The van der Waals surface area contributed by atoms with Crippen molar-refractivity contribution in [3.05, 3.63) is 59.9 Å². The van der Waals surface area contributed by atoms with Crippen LogP contribution < -0.4 is 10.2 Å². The number of carbonyl (C=O) groups excluding carboxylic acids is 2. The monoisotopic (exact) mass is 302 g/mol. The molecule has 0 aromatic heterocycles. The van der Waals surface area contributed by atoms with Gasteiger partial charge in [0.1, 0.15) is 5.82 Å². The van der Waals surface area contributed by atoms with Gasteiger partial charge in [-0.3, -0.25) is 4.90 Å². The lowest BCUT2D eigenvalue weighted by atomic mass is 10.1. The number of para-hydroxylation sites is 2. The van der Waals surface area contributed by atoms with Crippen LogP contribution in [0.3, 0.4) is 0 Å². The first-order valence-corrected chi connectivity index (χ1v) is 6.51. The van der Waals surface area contributed by atoms with Crippen molar-refractivity contribution in [1.82, 2.24) is 0 Å². The highest BCUT2D eigenvalue weighted by Gasteiger charge is 2.19. The van der Waals surface area contributed by atoms with Crippen molar-refractivity contribution in [2.75, 3.05) is 24.4 Å². The third-order valence-electron chi connectivity index (χ3n) is 3.09. The quantitative estimate of drug-likeness (QED) is 0.885. The fourth-order valence-electron chi connectivity index (χ4n) is 1.92. The molecule has 0 saturated heterocycles. The Morgan fingerprint density at radius 2 is 1.73 bits per heavy atom. The molecule has 5 nitrogen and oxygen atoms in total. The molecule has 0 radical (unpaired) electrons. The number of esters is 1. The Hall–Kier alpha value is -2.89. The second kappa shape index (κ2) is 6.71. The Kier molecular flexibility index (Phi) is 4.73. The lowest BCUT2D eigenvalue weighted by Gasteiger charge is -2.20. The third-order valence-corrected chi connectivity index (χ3v) is 3.09. The maximum absolute atomic E-state index is 13.6. The predicted octanol–water partition coefficient (Wildman–Crippen LogP) is 3.28. The van der Waals surface area contributed by atoms with Crippen LogP contribution in [0.4, 0.5) is 20.6 Å². The van der Waals surface area contributed by atoms with E-state index in [1.165, 1.54) is 37.3 Å². The zero-order valence-electron chi connectivity index (χ0n) is 12.2. The van der Waals surface area contributed by atoms with Crippen LogP contribution in [0.2, 0.25) is 0 Å². The van der Waals surface area contributed by atoms with E-state index in [4.69, 9.17) is 0 Å². The molecule has 0 aliphatic rings. The summed E-state index contributed by atoms with van der Waals surface area (Å²) in [4.78, 5) is 25.2. The molecule has 2 aromatic rings. The summed E-state index contributed by atoms with van der Waals surface area (Å²) in [6.45, 7) is 0. The maximum Gasteiger partial charge on any atom is 0.339 e. The molecule has 2 amide bonds. The highest BCUT2D eigenvalue weighted by atomic mass is 19.1. The summed E-state index contributed by atoms with van der Waals surface area (Å²) < 4.78 is 18.3. The van der Waals surface area contributed by atoms with Gasteiger partial charge in [0.05, 0.1) is 24.0 Å². The molecule has 0 atom stereocenters. The largest absolute Gasteiger partial charge is 0.465 e. The van der Waals surface area contributed by atoms with Gasteiger partial charge in [0.15, 0.2) is 0 Å².